The van der Waals surface area contributed by atoms with Gasteiger partial charge in [0.2, 0.25) is 0 Å². The van der Waals surface area contributed by atoms with Crippen molar-refractivity contribution in [1.82, 2.24) is 4.90 Å². The zero-order valence-electron chi connectivity index (χ0n) is 11.3. The molecular weight excluding hydrogens is 294 g/mol. The van der Waals surface area contributed by atoms with Gasteiger partial charge >= 0.3 is 0 Å². The Morgan fingerprint density at radius 2 is 1.43 bits per heavy atom. The van der Waals surface area contributed by atoms with E-state index in [9.17, 15) is 22.6 Å². The van der Waals surface area contributed by atoms with E-state index < -0.39 is 26.8 Å². The fourth-order valence-electron chi connectivity index (χ4n) is 3.26. The summed E-state index contributed by atoms with van der Waals surface area (Å²) in [5.74, 6) is -1.29. The standard InChI is InChI=1S/C14H15NO5S/c16-12-10-6-2-3-7-11(10)13(17)15(12)14(21(18,19)20)8-4-1-5-9-14/h2-3,6-7H,1,4-5,8-9H2,(H,18,19,20). The predicted octanol–water partition coefficient (Wildman–Crippen LogP) is 1.83. The molecule has 1 aliphatic heterocycles. The normalized spacial score (nSPS) is 21.5. The number of fused-ring (bicyclic) bond motifs is 1. The zero-order chi connectivity index (χ0) is 15.3. The summed E-state index contributed by atoms with van der Waals surface area (Å²) in [6.45, 7) is 0. The highest BCUT2D eigenvalue weighted by molar-refractivity contribution is 7.87. The van der Waals surface area contributed by atoms with Crippen molar-refractivity contribution in [2.24, 2.45) is 0 Å². The number of amides is 2. The van der Waals surface area contributed by atoms with Crippen LogP contribution in [0.4, 0.5) is 0 Å². The van der Waals surface area contributed by atoms with Crippen LogP contribution in [-0.4, -0.2) is 34.6 Å². The van der Waals surface area contributed by atoms with Gasteiger partial charge in [-0.2, -0.15) is 8.42 Å². The van der Waals surface area contributed by atoms with Crippen LogP contribution in [0.15, 0.2) is 24.3 Å². The number of hydrogen-bond donors (Lipinski definition) is 1. The summed E-state index contributed by atoms with van der Waals surface area (Å²) in [6, 6.07) is 6.23. The van der Waals surface area contributed by atoms with E-state index in [4.69, 9.17) is 0 Å². The first-order valence-corrected chi connectivity index (χ1v) is 8.27. The van der Waals surface area contributed by atoms with Crippen LogP contribution in [0.3, 0.4) is 0 Å². The van der Waals surface area contributed by atoms with Crippen molar-refractivity contribution in [1.29, 1.82) is 0 Å². The van der Waals surface area contributed by atoms with E-state index >= 15 is 0 Å². The van der Waals surface area contributed by atoms with Crippen LogP contribution in [0.25, 0.3) is 0 Å². The first-order valence-electron chi connectivity index (χ1n) is 6.83. The maximum atomic E-state index is 12.5. The molecule has 0 atom stereocenters. The molecule has 0 unspecified atom stereocenters. The van der Waals surface area contributed by atoms with E-state index in [0.29, 0.717) is 12.8 Å². The molecule has 1 aromatic carbocycles. The highest BCUT2D eigenvalue weighted by Gasteiger charge is 2.56. The largest absolute Gasteiger partial charge is 0.289 e. The van der Waals surface area contributed by atoms with Crippen molar-refractivity contribution < 1.29 is 22.6 Å². The van der Waals surface area contributed by atoms with E-state index in [1.165, 1.54) is 12.1 Å². The third-order valence-corrected chi connectivity index (χ3v) is 5.87. The number of nitrogens with zero attached hydrogens (tertiary/aromatic N) is 1. The maximum Gasteiger partial charge on any atom is 0.289 e. The fraction of sp³-hybridized carbons (Fsp3) is 0.429. The highest BCUT2D eigenvalue weighted by Crippen LogP contribution is 2.42. The van der Waals surface area contributed by atoms with Gasteiger partial charge in [-0.15, -0.1) is 0 Å². The molecule has 21 heavy (non-hydrogen) atoms. The molecule has 1 saturated carbocycles. The molecule has 0 saturated heterocycles. The van der Waals surface area contributed by atoms with Gasteiger partial charge in [-0.3, -0.25) is 19.0 Å². The van der Waals surface area contributed by atoms with Crippen molar-refractivity contribution in [2.45, 2.75) is 37.0 Å². The molecule has 1 heterocycles. The Hall–Kier alpha value is -1.73. The van der Waals surface area contributed by atoms with Crippen LogP contribution < -0.4 is 0 Å². The summed E-state index contributed by atoms with van der Waals surface area (Å²) in [5.41, 5.74) is 0.382. The van der Waals surface area contributed by atoms with Gasteiger partial charge in [-0.05, 0) is 37.8 Å². The van der Waals surface area contributed by atoms with Crippen molar-refractivity contribution >= 4 is 21.9 Å². The summed E-state index contributed by atoms with van der Waals surface area (Å²) < 4.78 is 33.6. The average molecular weight is 309 g/mol. The lowest BCUT2D eigenvalue weighted by Gasteiger charge is -2.40. The molecule has 3 rings (SSSR count). The van der Waals surface area contributed by atoms with Gasteiger partial charge in [-0.1, -0.05) is 18.6 Å². The third-order valence-electron chi connectivity index (χ3n) is 4.32. The Kier molecular flexibility index (Phi) is 3.14. The summed E-state index contributed by atoms with van der Waals surface area (Å²) in [5, 5.41) is 0. The Bertz CT molecular complexity index is 684. The molecule has 6 nitrogen and oxygen atoms in total. The zero-order valence-corrected chi connectivity index (χ0v) is 12.1. The van der Waals surface area contributed by atoms with Crippen molar-refractivity contribution in [3.63, 3.8) is 0 Å². The van der Waals surface area contributed by atoms with Crippen LogP contribution in [0, 0.1) is 0 Å². The molecule has 2 aliphatic rings. The van der Waals surface area contributed by atoms with E-state index in [1.54, 1.807) is 12.1 Å². The molecule has 0 bridgehead atoms. The third kappa shape index (κ3) is 1.91. The van der Waals surface area contributed by atoms with Gasteiger partial charge in [0.1, 0.15) is 0 Å². The second-order valence-corrected chi connectivity index (χ2v) is 7.18. The van der Waals surface area contributed by atoms with Crippen LogP contribution in [0.2, 0.25) is 0 Å². The maximum absolute atomic E-state index is 12.5. The minimum absolute atomic E-state index is 0.0807. The van der Waals surface area contributed by atoms with Gasteiger partial charge in [0.25, 0.3) is 21.9 Å². The van der Waals surface area contributed by atoms with E-state index in [0.717, 1.165) is 11.3 Å². The van der Waals surface area contributed by atoms with Crippen LogP contribution in [0.5, 0.6) is 0 Å². The fourth-order valence-corrected chi connectivity index (χ4v) is 4.46. The van der Waals surface area contributed by atoms with Gasteiger partial charge in [0.05, 0.1) is 11.1 Å². The van der Waals surface area contributed by atoms with Crippen molar-refractivity contribution in [2.75, 3.05) is 0 Å². The SMILES string of the molecule is O=C1c2ccccc2C(=O)N1C1(S(=O)(=O)O)CCCCC1. The lowest BCUT2D eigenvalue weighted by molar-refractivity contribution is 0.0472. The molecule has 2 amide bonds. The predicted molar refractivity (Wildman–Crippen MR) is 74.3 cm³/mol. The minimum atomic E-state index is -4.57. The van der Waals surface area contributed by atoms with Crippen LogP contribution >= 0.6 is 0 Å². The molecule has 0 radical (unpaired) electrons. The highest BCUT2D eigenvalue weighted by atomic mass is 32.2. The Morgan fingerprint density at radius 3 is 1.86 bits per heavy atom. The average Bonchev–Trinajstić information content (AvgIpc) is 2.71. The van der Waals surface area contributed by atoms with Gasteiger partial charge in [0, 0.05) is 0 Å². The smallest absolute Gasteiger partial charge is 0.284 e. The Labute approximate surface area is 122 Å². The number of carbonyl (C=O) groups excluding carboxylic acids is 2. The molecule has 7 heteroatoms. The first-order chi connectivity index (χ1) is 9.88. The van der Waals surface area contributed by atoms with Gasteiger partial charge < -0.3 is 0 Å². The minimum Gasteiger partial charge on any atom is -0.284 e. The van der Waals surface area contributed by atoms with E-state index in [-0.39, 0.29) is 24.0 Å². The molecule has 0 spiro atoms. The first kappa shape index (κ1) is 14.2. The number of benzene rings is 1. The number of carbonyl (C=O) groups is 2. The lowest BCUT2D eigenvalue weighted by Crippen LogP contribution is -2.57. The molecular formula is C14H15NO5S. The summed E-state index contributed by atoms with van der Waals surface area (Å²) >= 11 is 0. The lowest BCUT2D eigenvalue weighted by atomic mass is 9.93. The quantitative estimate of drug-likeness (QED) is 0.664. The molecule has 1 aliphatic carbocycles. The Morgan fingerprint density at radius 1 is 0.952 bits per heavy atom. The van der Waals surface area contributed by atoms with Gasteiger partial charge in [0.15, 0.2) is 4.87 Å². The number of imide groups is 1. The molecule has 1 fully saturated rings. The summed E-state index contributed by atoms with van der Waals surface area (Å²) in [6.07, 6.45) is 2.08. The summed E-state index contributed by atoms with van der Waals surface area (Å²) in [7, 11) is -4.57. The molecule has 1 aromatic rings. The van der Waals surface area contributed by atoms with Crippen molar-refractivity contribution in [3.05, 3.63) is 35.4 Å². The Balaban J connectivity index is 2.15. The molecule has 112 valence electrons. The monoisotopic (exact) mass is 309 g/mol. The van der Waals surface area contributed by atoms with Crippen LogP contribution in [-0.2, 0) is 10.1 Å². The second kappa shape index (κ2) is 4.64. The molecule has 0 aromatic heterocycles. The van der Waals surface area contributed by atoms with Crippen molar-refractivity contribution in [3.8, 4) is 0 Å². The van der Waals surface area contributed by atoms with Gasteiger partial charge in [-0.25, -0.2) is 0 Å². The van der Waals surface area contributed by atoms with E-state index in [1.807, 2.05) is 0 Å². The second-order valence-electron chi connectivity index (χ2n) is 5.47. The number of rotatable bonds is 2. The number of hydrogen-bond acceptors (Lipinski definition) is 4. The van der Waals surface area contributed by atoms with Crippen LogP contribution in [0.1, 0.15) is 52.8 Å². The topological polar surface area (TPSA) is 91.8 Å². The summed E-state index contributed by atoms with van der Waals surface area (Å²) in [4.78, 5) is 23.9. The molecule has 1 N–H and O–H groups in total. The van der Waals surface area contributed by atoms with E-state index in [2.05, 4.69) is 0 Å².